The molecule has 0 spiro atoms. The number of nitrogens with zero attached hydrogens (tertiary/aromatic N) is 1. The van der Waals surface area contributed by atoms with Crippen molar-refractivity contribution in [3.8, 4) is 0 Å². The standard InChI is InChI=1S/C9H13Cl2N/c1-3-5-7-9(11)12-8(10)6-4-2/h4,6-7H,3,5H2,1-2H3/b6-4-,9-7+,12-8-. The molecule has 0 aromatic heterocycles. The van der Waals surface area contributed by atoms with Gasteiger partial charge in [0, 0.05) is 0 Å². The van der Waals surface area contributed by atoms with E-state index in [1.165, 1.54) is 0 Å². The minimum Gasteiger partial charge on any atom is -0.225 e. The lowest BCUT2D eigenvalue weighted by Gasteiger charge is -1.90. The largest absolute Gasteiger partial charge is 0.225 e. The van der Waals surface area contributed by atoms with Gasteiger partial charge in [-0.3, -0.25) is 0 Å². The number of halogens is 2. The lowest BCUT2D eigenvalue weighted by molar-refractivity contribution is 0.954. The Hall–Kier alpha value is -0.270. The summed E-state index contributed by atoms with van der Waals surface area (Å²) in [7, 11) is 0. The van der Waals surface area contributed by atoms with Gasteiger partial charge in [-0.15, -0.1) is 0 Å². The topological polar surface area (TPSA) is 12.4 Å². The average molecular weight is 206 g/mol. The molecule has 0 aliphatic rings. The molecule has 0 aliphatic heterocycles. The maximum Gasteiger partial charge on any atom is 0.130 e. The molecule has 0 bridgehead atoms. The second kappa shape index (κ2) is 7.38. The van der Waals surface area contributed by atoms with Gasteiger partial charge >= 0.3 is 0 Å². The molecule has 12 heavy (non-hydrogen) atoms. The van der Waals surface area contributed by atoms with Crippen molar-refractivity contribution in [1.82, 2.24) is 0 Å². The minimum absolute atomic E-state index is 0.412. The summed E-state index contributed by atoms with van der Waals surface area (Å²) in [5.74, 6) is 0. The predicted octanol–water partition coefficient (Wildman–Crippen LogP) is 4.08. The van der Waals surface area contributed by atoms with E-state index < -0.39 is 0 Å². The molecule has 0 N–H and O–H groups in total. The van der Waals surface area contributed by atoms with Gasteiger partial charge in [-0.1, -0.05) is 42.6 Å². The third-order valence-electron chi connectivity index (χ3n) is 1.12. The van der Waals surface area contributed by atoms with Crippen LogP contribution in [0.5, 0.6) is 0 Å². The van der Waals surface area contributed by atoms with E-state index in [9.17, 15) is 0 Å². The molecule has 0 unspecified atom stereocenters. The van der Waals surface area contributed by atoms with Gasteiger partial charge in [-0.25, -0.2) is 4.99 Å². The lowest BCUT2D eigenvalue weighted by Crippen LogP contribution is -1.78. The summed E-state index contributed by atoms with van der Waals surface area (Å²) in [6.45, 7) is 3.96. The van der Waals surface area contributed by atoms with Gasteiger partial charge in [0.1, 0.15) is 10.3 Å². The van der Waals surface area contributed by atoms with Crippen LogP contribution in [0.1, 0.15) is 26.7 Å². The molecular weight excluding hydrogens is 193 g/mol. The lowest BCUT2D eigenvalue weighted by atomic mass is 10.3. The monoisotopic (exact) mass is 205 g/mol. The highest BCUT2D eigenvalue weighted by Gasteiger charge is 1.89. The highest BCUT2D eigenvalue weighted by atomic mass is 35.5. The average Bonchev–Trinajstić information content (AvgIpc) is 2.01. The SMILES string of the molecule is C\C=C/C(Cl)=N/C(Cl)=C/CCC. The molecule has 0 aromatic carbocycles. The van der Waals surface area contributed by atoms with E-state index in [1.807, 2.05) is 19.1 Å². The zero-order valence-electron chi connectivity index (χ0n) is 7.35. The number of allylic oxidation sites excluding steroid dienone is 3. The van der Waals surface area contributed by atoms with Crippen LogP contribution in [-0.2, 0) is 0 Å². The van der Waals surface area contributed by atoms with Crippen molar-refractivity contribution in [2.24, 2.45) is 4.99 Å². The number of aliphatic imine (C=N–C) groups is 1. The Morgan fingerprint density at radius 3 is 2.58 bits per heavy atom. The molecule has 0 atom stereocenters. The molecule has 0 radical (unpaired) electrons. The van der Waals surface area contributed by atoms with E-state index >= 15 is 0 Å². The highest BCUT2D eigenvalue weighted by molar-refractivity contribution is 6.68. The summed E-state index contributed by atoms with van der Waals surface area (Å²) in [5.41, 5.74) is 0. The molecule has 0 saturated heterocycles. The van der Waals surface area contributed by atoms with Gasteiger partial charge in [0.05, 0.1) is 0 Å². The third-order valence-corrected chi connectivity index (χ3v) is 1.57. The van der Waals surface area contributed by atoms with Gasteiger partial charge < -0.3 is 0 Å². The second-order valence-corrected chi connectivity index (χ2v) is 3.02. The predicted molar refractivity (Wildman–Crippen MR) is 56.9 cm³/mol. The summed E-state index contributed by atoms with van der Waals surface area (Å²) < 4.78 is 0. The van der Waals surface area contributed by atoms with Crippen molar-refractivity contribution in [1.29, 1.82) is 0 Å². The Kier molecular flexibility index (Phi) is 7.22. The van der Waals surface area contributed by atoms with Crippen LogP contribution < -0.4 is 0 Å². The van der Waals surface area contributed by atoms with Crippen LogP contribution >= 0.6 is 23.2 Å². The maximum absolute atomic E-state index is 5.75. The van der Waals surface area contributed by atoms with Crippen molar-refractivity contribution in [2.75, 3.05) is 0 Å². The number of hydrogen-bond donors (Lipinski definition) is 0. The Balaban J connectivity index is 4.12. The van der Waals surface area contributed by atoms with Crippen LogP contribution in [-0.4, -0.2) is 5.17 Å². The molecule has 68 valence electrons. The summed E-state index contributed by atoms with van der Waals surface area (Å²) >= 11 is 11.4. The summed E-state index contributed by atoms with van der Waals surface area (Å²) in [5, 5.41) is 0.870. The van der Waals surface area contributed by atoms with Crippen LogP contribution in [0.4, 0.5) is 0 Å². The first kappa shape index (κ1) is 11.7. The van der Waals surface area contributed by atoms with Crippen molar-refractivity contribution in [3.63, 3.8) is 0 Å². The van der Waals surface area contributed by atoms with Crippen molar-refractivity contribution in [3.05, 3.63) is 23.4 Å². The number of unbranched alkanes of at least 4 members (excludes halogenated alkanes) is 1. The van der Waals surface area contributed by atoms with Crippen molar-refractivity contribution < 1.29 is 0 Å². The zero-order chi connectivity index (χ0) is 9.40. The van der Waals surface area contributed by atoms with Crippen LogP contribution in [0.3, 0.4) is 0 Å². The first-order chi connectivity index (χ1) is 5.70. The van der Waals surface area contributed by atoms with Gasteiger partial charge in [-0.2, -0.15) is 0 Å². The van der Waals surface area contributed by atoms with Crippen LogP contribution in [0.2, 0.25) is 0 Å². The molecule has 3 heteroatoms. The van der Waals surface area contributed by atoms with Crippen LogP contribution in [0, 0.1) is 0 Å². The van der Waals surface area contributed by atoms with E-state index in [1.54, 1.807) is 6.08 Å². The number of hydrogen-bond acceptors (Lipinski definition) is 1. The van der Waals surface area contributed by atoms with Gasteiger partial charge in [0.15, 0.2) is 0 Å². The molecule has 0 saturated carbocycles. The fourth-order valence-electron chi connectivity index (χ4n) is 0.586. The zero-order valence-corrected chi connectivity index (χ0v) is 8.86. The Labute approximate surface area is 83.8 Å². The molecule has 0 amide bonds. The molecular formula is C9H13Cl2N. The van der Waals surface area contributed by atoms with E-state index in [4.69, 9.17) is 23.2 Å². The molecule has 0 aromatic rings. The van der Waals surface area contributed by atoms with Crippen molar-refractivity contribution in [2.45, 2.75) is 26.7 Å². The van der Waals surface area contributed by atoms with Crippen molar-refractivity contribution >= 4 is 28.4 Å². The Morgan fingerprint density at radius 1 is 1.42 bits per heavy atom. The smallest absolute Gasteiger partial charge is 0.130 e. The van der Waals surface area contributed by atoms with Crippen LogP contribution in [0.25, 0.3) is 0 Å². The van der Waals surface area contributed by atoms with Gasteiger partial charge in [-0.05, 0) is 25.5 Å². The van der Waals surface area contributed by atoms with Crippen LogP contribution in [0.15, 0.2) is 28.4 Å². The van der Waals surface area contributed by atoms with Gasteiger partial charge in [0.2, 0.25) is 0 Å². The Morgan fingerprint density at radius 2 is 2.08 bits per heavy atom. The second-order valence-electron chi connectivity index (χ2n) is 2.25. The Bertz CT molecular complexity index is 205. The first-order valence-corrected chi connectivity index (χ1v) is 4.68. The first-order valence-electron chi connectivity index (χ1n) is 3.93. The minimum atomic E-state index is 0.412. The molecule has 0 aliphatic carbocycles. The van der Waals surface area contributed by atoms with E-state index in [0.29, 0.717) is 10.3 Å². The fraction of sp³-hybridized carbons (Fsp3) is 0.444. The normalized spacial score (nSPS) is 14.3. The number of rotatable bonds is 4. The van der Waals surface area contributed by atoms with Gasteiger partial charge in [0.25, 0.3) is 0 Å². The third kappa shape index (κ3) is 6.44. The quantitative estimate of drug-likeness (QED) is 0.485. The molecule has 0 heterocycles. The molecule has 1 nitrogen and oxygen atoms in total. The van der Waals surface area contributed by atoms with E-state index in [-0.39, 0.29) is 0 Å². The highest BCUT2D eigenvalue weighted by Crippen LogP contribution is 2.07. The summed E-state index contributed by atoms with van der Waals surface area (Å²) in [6.07, 6.45) is 7.36. The molecule has 0 rings (SSSR count). The summed E-state index contributed by atoms with van der Waals surface area (Å²) in [6, 6.07) is 0. The maximum atomic E-state index is 5.75. The molecule has 0 fully saturated rings. The van der Waals surface area contributed by atoms with E-state index in [0.717, 1.165) is 12.8 Å². The fourth-order valence-corrected chi connectivity index (χ4v) is 1.05. The summed E-state index contributed by atoms with van der Waals surface area (Å²) in [4.78, 5) is 3.93. The van der Waals surface area contributed by atoms with E-state index in [2.05, 4.69) is 11.9 Å².